The number of carboxylic acid groups (broad SMARTS) is 1. The Morgan fingerprint density at radius 1 is 1.26 bits per heavy atom. The number of pyridine rings is 1. The quantitative estimate of drug-likeness (QED) is 0.841. The third-order valence-corrected chi connectivity index (χ3v) is 3.18. The molecular formula is C14H12INO3. The largest absolute Gasteiger partial charge is 0.479 e. The van der Waals surface area contributed by atoms with Gasteiger partial charge in [-0.25, -0.2) is 4.79 Å². The Kier molecular flexibility index (Phi) is 4.36. The number of carboxylic acids is 1. The number of aliphatic carboxylic acids is 1. The van der Waals surface area contributed by atoms with E-state index in [4.69, 9.17) is 9.84 Å². The van der Waals surface area contributed by atoms with Crippen LogP contribution in [0, 0.1) is 3.57 Å². The first-order valence-electron chi connectivity index (χ1n) is 5.68. The van der Waals surface area contributed by atoms with Crippen LogP contribution in [0.2, 0.25) is 0 Å². The highest BCUT2D eigenvalue weighted by Gasteiger charge is 2.12. The molecular weight excluding hydrogens is 357 g/mol. The van der Waals surface area contributed by atoms with Crippen molar-refractivity contribution < 1.29 is 14.6 Å². The van der Waals surface area contributed by atoms with E-state index < -0.39 is 12.1 Å². The summed E-state index contributed by atoms with van der Waals surface area (Å²) < 4.78 is 6.34. The molecule has 0 radical (unpaired) electrons. The van der Waals surface area contributed by atoms with Gasteiger partial charge in [0.2, 0.25) is 0 Å². The van der Waals surface area contributed by atoms with Crippen molar-refractivity contribution in [3.63, 3.8) is 0 Å². The van der Waals surface area contributed by atoms with Crippen LogP contribution in [0.5, 0.6) is 5.75 Å². The monoisotopic (exact) mass is 369 g/mol. The zero-order valence-electron chi connectivity index (χ0n) is 10.2. The highest BCUT2D eigenvalue weighted by atomic mass is 127. The van der Waals surface area contributed by atoms with Crippen molar-refractivity contribution in [1.29, 1.82) is 0 Å². The summed E-state index contributed by atoms with van der Waals surface area (Å²) in [6, 6.07) is 11.1. The smallest absolute Gasteiger partial charge is 0.344 e. The van der Waals surface area contributed by atoms with Crippen LogP contribution in [0.3, 0.4) is 0 Å². The molecule has 0 aliphatic rings. The van der Waals surface area contributed by atoms with Gasteiger partial charge >= 0.3 is 5.97 Å². The number of hydrogen-bond donors (Lipinski definition) is 1. The van der Waals surface area contributed by atoms with E-state index >= 15 is 0 Å². The number of nitrogens with zero attached hydrogens (tertiary/aromatic N) is 1. The van der Waals surface area contributed by atoms with Gasteiger partial charge in [-0.05, 0) is 65.9 Å². The molecule has 1 aromatic heterocycles. The number of benzene rings is 1. The second-order valence-electron chi connectivity index (χ2n) is 3.98. The molecule has 0 saturated heterocycles. The predicted molar refractivity (Wildman–Crippen MR) is 80.1 cm³/mol. The lowest BCUT2D eigenvalue weighted by Crippen LogP contribution is -2.22. The Bertz CT molecular complexity index is 566. The van der Waals surface area contributed by atoms with E-state index in [9.17, 15) is 4.79 Å². The van der Waals surface area contributed by atoms with Crippen LogP contribution in [-0.2, 0) is 4.79 Å². The summed E-state index contributed by atoms with van der Waals surface area (Å²) in [5, 5.41) is 8.77. The van der Waals surface area contributed by atoms with E-state index in [2.05, 4.69) is 27.6 Å². The van der Waals surface area contributed by atoms with Gasteiger partial charge in [0.15, 0.2) is 6.10 Å². The zero-order valence-corrected chi connectivity index (χ0v) is 12.4. The number of aromatic nitrogens is 1. The van der Waals surface area contributed by atoms with Gasteiger partial charge in [-0.2, -0.15) is 0 Å². The third kappa shape index (κ3) is 3.66. The predicted octanol–water partition coefficient (Wildman–Crippen LogP) is 3.21. The zero-order chi connectivity index (χ0) is 13.8. The molecule has 0 fully saturated rings. The maximum Gasteiger partial charge on any atom is 0.344 e. The molecule has 1 aromatic carbocycles. The summed E-state index contributed by atoms with van der Waals surface area (Å²) in [7, 11) is 0. The van der Waals surface area contributed by atoms with Crippen molar-refractivity contribution in [2.24, 2.45) is 0 Å². The van der Waals surface area contributed by atoms with Gasteiger partial charge in [-0.15, -0.1) is 0 Å². The summed E-state index contributed by atoms with van der Waals surface area (Å²) in [5.74, 6) is -0.451. The van der Waals surface area contributed by atoms with Crippen molar-refractivity contribution in [2.75, 3.05) is 0 Å². The van der Waals surface area contributed by atoms with E-state index in [1.807, 2.05) is 24.3 Å². The minimum atomic E-state index is -0.983. The Balaban J connectivity index is 2.14. The van der Waals surface area contributed by atoms with E-state index in [0.29, 0.717) is 5.75 Å². The van der Waals surface area contributed by atoms with Crippen LogP contribution in [0.15, 0.2) is 42.6 Å². The minimum absolute atomic E-state index is 0.532. The summed E-state index contributed by atoms with van der Waals surface area (Å²) in [6.45, 7) is 1.50. The number of carbonyl (C=O) groups is 1. The Labute approximate surface area is 124 Å². The number of rotatable bonds is 4. The maximum absolute atomic E-state index is 10.7. The molecule has 1 atom stereocenters. The van der Waals surface area contributed by atoms with Gasteiger partial charge in [-0.3, -0.25) is 4.98 Å². The van der Waals surface area contributed by atoms with Crippen LogP contribution in [-0.4, -0.2) is 22.2 Å². The molecule has 1 heterocycles. The fraction of sp³-hybridized carbons (Fsp3) is 0.143. The summed E-state index contributed by atoms with van der Waals surface area (Å²) in [4.78, 5) is 15.0. The van der Waals surface area contributed by atoms with Crippen LogP contribution in [0.25, 0.3) is 11.3 Å². The van der Waals surface area contributed by atoms with Gasteiger partial charge in [0.05, 0.1) is 5.69 Å². The van der Waals surface area contributed by atoms with E-state index in [1.165, 1.54) is 6.92 Å². The van der Waals surface area contributed by atoms with Gasteiger partial charge in [0.1, 0.15) is 5.75 Å². The van der Waals surface area contributed by atoms with Gasteiger partial charge in [0, 0.05) is 15.3 Å². The molecule has 0 aliphatic carbocycles. The SMILES string of the molecule is CC(Oc1ccc(-c2ccc(I)cn2)cc1)C(=O)O. The summed E-state index contributed by atoms with van der Waals surface area (Å²) >= 11 is 2.20. The van der Waals surface area contributed by atoms with Gasteiger partial charge in [0.25, 0.3) is 0 Å². The lowest BCUT2D eigenvalue weighted by molar-refractivity contribution is -0.144. The standard InChI is InChI=1S/C14H12INO3/c1-9(14(17)18)19-12-5-2-10(3-6-12)13-7-4-11(15)8-16-13/h2-9H,1H3,(H,17,18). The average Bonchev–Trinajstić information content (AvgIpc) is 2.40. The van der Waals surface area contributed by atoms with Gasteiger partial charge in [-0.1, -0.05) is 0 Å². The molecule has 2 aromatic rings. The first-order valence-corrected chi connectivity index (χ1v) is 6.75. The van der Waals surface area contributed by atoms with Crippen molar-refractivity contribution in [3.8, 4) is 17.0 Å². The third-order valence-electron chi connectivity index (χ3n) is 2.54. The summed E-state index contributed by atoms with van der Waals surface area (Å²) in [6.07, 6.45) is 0.939. The van der Waals surface area contributed by atoms with E-state index in [-0.39, 0.29) is 0 Å². The van der Waals surface area contributed by atoms with Crippen molar-refractivity contribution >= 4 is 28.6 Å². The molecule has 0 saturated carbocycles. The maximum atomic E-state index is 10.7. The Morgan fingerprint density at radius 3 is 2.47 bits per heavy atom. The topological polar surface area (TPSA) is 59.4 Å². The molecule has 98 valence electrons. The van der Waals surface area contributed by atoms with Crippen molar-refractivity contribution in [1.82, 2.24) is 4.98 Å². The number of halogens is 1. The highest BCUT2D eigenvalue weighted by Crippen LogP contribution is 2.21. The van der Waals surface area contributed by atoms with E-state index in [1.54, 1.807) is 18.3 Å². The average molecular weight is 369 g/mol. The van der Waals surface area contributed by atoms with Crippen LogP contribution < -0.4 is 4.74 Å². The van der Waals surface area contributed by atoms with Crippen molar-refractivity contribution in [3.05, 3.63) is 46.2 Å². The molecule has 5 heteroatoms. The first-order chi connectivity index (χ1) is 9.06. The fourth-order valence-electron chi connectivity index (χ4n) is 1.51. The lowest BCUT2D eigenvalue weighted by atomic mass is 10.1. The fourth-order valence-corrected chi connectivity index (χ4v) is 1.82. The molecule has 0 amide bonds. The molecule has 1 N–H and O–H groups in total. The molecule has 2 rings (SSSR count). The minimum Gasteiger partial charge on any atom is -0.479 e. The second kappa shape index (κ2) is 6.01. The molecule has 0 spiro atoms. The number of ether oxygens (including phenoxy) is 1. The van der Waals surface area contributed by atoms with Crippen molar-refractivity contribution in [2.45, 2.75) is 13.0 Å². The van der Waals surface area contributed by atoms with Crippen LogP contribution >= 0.6 is 22.6 Å². The summed E-state index contributed by atoms with van der Waals surface area (Å²) in [5.41, 5.74) is 1.84. The lowest BCUT2D eigenvalue weighted by Gasteiger charge is -2.10. The molecule has 19 heavy (non-hydrogen) atoms. The Hall–Kier alpha value is -1.63. The van der Waals surface area contributed by atoms with Crippen LogP contribution in [0.4, 0.5) is 0 Å². The normalized spacial score (nSPS) is 11.9. The van der Waals surface area contributed by atoms with Gasteiger partial charge < -0.3 is 9.84 Å². The molecule has 0 bridgehead atoms. The molecule has 0 aliphatic heterocycles. The second-order valence-corrected chi connectivity index (χ2v) is 5.23. The highest BCUT2D eigenvalue weighted by molar-refractivity contribution is 14.1. The first kappa shape index (κ1) is 13.8. The van der Waals surface area contributed by atoms with E-state index in [0.717, 1.165) is 14.8 Å². The molecule has 4 nitrogen and oxygen atoms in total. The molecule has 1 unspecified atom stereocenters. The Morgan fingerprint density at radius 2 is 1.95 bits per heavy atom. The number of hydrogen-bond acceptors (Lipinski definition) is 3. The van der Waals surface area contributed by atoms with Crippen LogP contribution in [0.1, 0.15) is 6.92 Å².